The first-order valence-electron chi connectivity index (χ1n) is 8.18. The molecule has 4 heteroatoms. The van der Waals surface area contributed by atoms with Gasteiger partial charge in [0, 0.05) is 32.9 Å². The molecular formula is C20H20N2O2. The highest BCUT2D eigenvalue weighted by Crippen LogP contribution is 2.25. The smallest absolute Gasteiger partial charge is 0.219 e. The molecule has 1 amide bonds. The minimum atomic E-state index is 0.139. The van der Waals surface area contributed by atoms with Crippen LogP contribution in [0.5, 0.6) is 5.75 Å². The van der Waals surface area contributed by atoms with Crippen molar-refractivity contribution in [2.24, 2.45) is 0 Å². The normalized spacial score (nSPS) is 14.9. The topological polar surface area (TPSA) is 53.3 Å². The van der Waals surface area contributed by atoms with E-state index in [0.717, 1.165) is 42.8 Å². The molecule has 24 heavy (non-hydrogen) atoms. The summed E-state index contributed by atoms with van der Waals surface area (Å²) in [6.45, 7) is 3.15. The Morgan fingerprint density at radius 3 is 2.08 bits per heavy atom. The van der Waals surface area contributed by atoms with Gasteiger partial charge in [-0.15, -0.1) is 0 Å². The van der Waals surface area contributed by atoms with Crippen LogP contribution in [0.2, 0.25) is 0 Å². The van der Waals surface area contributed by atoms with Gasteiger partial charge in [0.1, 0.15) is 11.9 Å². The Kier molecular flexibility index (Phi) is 4.81. The maximum atomic E-state index is 11.3. The number of amides is 1. The quantitative estimate of drug-likeness (QED) is 0.868. The van der Waals surface area contributed by atoms with Gasteiger partial charge in [-0.05, 0) is 35.4 Å². The minimum absolute atomic E-state index is 0.139. The van der Waals surface area contributed by atoms with Crippen LogP contribution in [0.3, 0.4) is 0 Å². The van der Waals surface area contributed by atoms with Crippen LogP contribution < -0.4 is 4.74 Å². The molecule has 1 aliphatic rings. The van der Waals surface area contributed by atoms with Crippen molar-refractivity contribution < 1.29 is 9.53 Å². The summed E-state index contributed by atoms with van der Waals surface area (Å²) in [5.74, 6) is 0.994. The van der Waals surface area contributed by atoms with Gasteiger partial charge in [-0.2, -0.15) is 5.26 Å². The third-order valence-electron chi connectivity index (χ3n) is 4.39. The summed E-state index contributed by atoms with van der Waals surface area (Å²) in [4.78, 5) is 13.2. The third kappa shape index (κ3) is 3.75. The maximum absolute atomic E-state index is 11.3. The highest BCUT2D eigenvalue weighted by Gasteiger charge is 2.21. The predicted octanol–water partition coefficient (Wildman–Crippen LogP) is 3.61. The Balaban J connectivity index is 1.60. The van der Waals surface area contributed by atoms with Gasteiger partial charge in [-0.3, -0.25) is 4.79 Å². The fourth-order valence-electron chi connectivity index (χ4n) is 2.94. The van der Waals surface area contributed by atoms with Gasteiger partial charge in [0.2, 0.25) is 5.91 Å². The Labute approximate surface area is 142 Å². The Bertz CT molecular complexity index is 737. The molecule has 0 unspecified atom stereocenters. The van der Waals surface area contributed by atoms with Gasteiger partial charge in [0.05, 0.1) is 11.6 Å². The Morgan fingerprint density at radius 2 is 1.58 bits per heavy atom. The number of ether oxygens (including phenoxy) is 1. The molecule has 0 atom stereocenters. The molecule has 0 bridgehead atoms. The van der Waals surface area contributed by atoms with Crippen LogP contribution in [0.1, 0.15) is 25.3 Å². The molecule has 1 fully saturated rings. The number of piperidine rings is 1. The lowest BCUT2D eigenvalue weighted by molar-refractivity contribution is -0.130. The molecule has 0 N–H and O–H groups in total. The van der Waals surface area contributed by atoms with Crippen molar-refractivity contribution in [3.8, 4) is 22.9 Å². The number of hydrogen-bond acceptors (Lipinski definition) is 3. The number of hydrogen-bond donors (Lipinski definition) is 0. The first-order chi connectivity index (χ1) is 11.7. The molecule has 4 nitrogen and oxygen atoms in total. The lowest BCUT2D eigenvalue weighted by Crippen LogP contribution is -2.40. The summed E-state index contributed by atoms with van der Waals surface area (Å²) in [5, 5.41) is 8.85. The summed E-state index contributed by atoms with van der Waals surface area (Å²) in [6, 6.07) is 17.7. The van der Waals surface area contributed by atoms with E-state index in [4.69, 9.17) is 10.00 Å². The summed E-state index contributed by atoms with van der Waals surface area (Å²) >= 11 is 0. The van der Waals surface area contributed by atoms with Gasteiger partial charge < -0.3 is 9.64 Å². The Morgan fingerprint density at radius 1 is 1.04 bits per heavy atom. The summed E-state index contributed by atoms with van der Waals surface area (Å²) < 4.78 is 6.03. The fourth-order valence-corrected chi connectivity index (χ4v) is 2.94. The van der Waals surface area contributed by atoms with Gasteiger partial charge in [0.15, 0.2) is 0 Å². The first kappa shape index (κ1) is 16.1. The van der Waals surface area contributed by atoms with E-state index in [2.05, 4.69) is 6.07 Å². The van der Waals surface area contributed by atoms with E-state index in [1.807, 2.05) is 53.4 Å². The lowest BCUT2D eigenvalue weighted by Gasteiger charge is -2.31. The van der Waals surface area contributed by atoms with Crippen molar-refractivity contribution in [2.45, 2.75) is 25.9 Å². The van der Waals surface area contributed by atoms with Crippen LogP contribution in [0.25, 0.3) is 11.1 Å². The monoisotopic (exact) mass is 320 g/mol. The van der Waals surface area contributed by atoms with E-state index in [1.54, 1.807) is 6.92 Å². The predicted molar refractivity (Wildman–Crippen MR) is 92.5 cm³/mol. The summed E-state index contributed by atoms with van der Waals surface area (Å²) in [5.41, 5.74) is 2.84. The zero-order valence-corrected chi connectivity index (χ0v) is 13.7. The second-order valence-corrected chi connectivity index (χ2v) is 6.04. The van der Waals surface area contributed by atoms with E-state index in [1.165, 1.54) is 0 Å². The molecule has 2 aromatic rings. The van der Waals surface area contributed by atoms with Crippen LogP contribution in [0.4, 0.5) is 0 Å². The minimum Gasteiger partial charge on any atom is -0.490 e. The largest absolute Gasteiger partial charge is 0.490 e. The number of carbonyl (C=O) groups is 1. The highest BCUT2D eigenvalue weighted by atomic mass is 16.5. The molecule has 0 aliphatic carbocycles. The number of carbonyl (C=O) groups excluding carboxylic acids is 1. The van der Waals surface area contributed by atoms with Gasteiger partial charge in [-0.1, -0.05) is 24.3 Å². The third-order valence-corrected chi connectivity index (χ3v) is 4.39. The maximum Gasteiger partial charge on any atom is 0.219 e. The van der Waals surface area contributed by atoms with Crippen molar-refractivity contribution in [3.63, 3.8) is 0 Å². The number of likely N-dealkylation sites (tertiary alicyclic amines) is 1. The van der Waals surface area contributed by atoms with Crippen LogP contribution in [-0.2, 0) is 4.79 Å². The van der Waals surface area contributed by atoms with Gasteiger partial charge in [-0.25, -0.2) is 0 Å². The van der Waals surface area contributed by atoms with Crippen LogP contribution in [0, 0.1) is 11.3 Å². The van der Waals surface area contributed by atoms with Crippen LogP contribution in [-0.4, -0.2) is 30.0 Å². The SMILES string of the molecule is CC(=O)N1CCC(Oc2ccc(-c3ccc(C#N)cc3)cc2)CC1. The highest BCUT2D eigenvalue weighted by molar-refractivity contribution is 5.73. The van der Waals surface area contributed by atoms with Crippen LogP contribution in [0.15, 0.2) is 48.5 Å². The first-order valence-corrected chi connectivity index (χ1v) is 8.18. The van der Waals surface area contributed by atoms with E-state index >= 15 is 0 Å². The van der Waals surface area contributed by atoms with Crippen LogP contribution >= 0.6 is 0 Å². The molecule has 0 saturated carbocycles. The number of benzene rings is 2. The average molecular weight is 320 g/mol. The number of nitriles is 1. The van der Waals surface area contributed by atoms with Crippen molar-refractivity contribution in [1.29, 1.82) is 5.26 Å². The van der Waals surface area contributed by atoms with Gasteiger partial charge >= 0.3 is 0 Å². The van der Waals surface area contributed by atoms with E-state index < -0.39 is 0 Å². The molecule has 0 aromatic heterocycles. The molecular weight excluding hydrogens is 300 g/mol. The fraction of sp³-hybridized carbons (Fsp3) is 0.300. The van der Waals surface area contributed by atoms with Crippen molar-refractivity contribution in [3.05, 3.63) is 54.1 Å². The van der Waals surface area contributed by atoms with Crippen molar-refractivity contribution in [2.75, 3.05) is 13.1 Å². The zero-order chi connectivity index (χ0) is 16.9. The summed E-state index contributed by atoms with van der Waals surface area (Å²) in [7, 11) is 0. The van der Waals surface area contributed by atoms with E-state index in [0.29, 0.717) is 5.56 Å². The molecule has 0 spiro atoms. The molecule has 122 valence electrons. The van der Waals surface area contributed by atoms with E-state index in [9.17, 15) is 4.79 Å². The standard InChI is InChI=1S/C20H20N2O2/c1-15(23)22-12-10-20(11-13-22)24-19-8-6-18(7-9-19)17-4-2-16(14-21)3-5-17/h2-9,20H,10-13H2,1H3. The van der Waals surface area contributed by atoms with Crippen molar-refractivity contribution in [1.82, 2.24) is 4.90 Å². The zero-order valence-electron chi connectivity index (χ0n) is 13.7. The lowest BCUT2D eigenvalue weighted by atomic mass is 10.0. The van der Waals surface area contributed by atoms with Gasteiger partial charge in [0.25, 0.3) is 0 Å². The molecule has 1 saturated heterocycles. The molecule has 2 aromatic carbocycles. The Hall–Kier alpha value is -2.80. The van der Waals surface area contributed by atoms with E-state index in [-0.39, 0.29) is 12.0 Å². The van der Waals surface area contributed by atoms with Crippen molar-refractivity contribution >= 4 is 5.91 Å². The molecule has 1 aliphatic heterocycles. The molecule has 0 radical (unpaired) electrons. The second kappa shape index (κ2) is 7.18. The molecule has 3 rings (SSSR count). The average Bonchev–Trinajstić information content (AvgIpc) is 2.63. The molecule has 1 heterocycles. The number of nitrogens with zero attached hydrogens (tertiary/aromatic N) is 2. The summed E-state index contributed by atoms with van der Waals surface area (Å²) in [6.07, 6.45) is 1.91. The number of rotatable bonds is 3. The second-order valence-electron chi connectivity index (χ2n) is 6.04.